The highest BCUT2D eigenvalue weighted by atomic mass is 35.5. The Bertz CT molecular complexity index is 506. The monoisotopic (exact) mass is 325 g/mol. The molecule has 4 bridgehead atoms. The first-order chi connectivity index (χ1) is 10.3. The summed E-state index contributed by atoms with van der Waals surface area (Å²) < 4.78 is 11.1. The molecule has 22 heavy (non-hydrogen) atoms. The Labute approximate surface area is 137 Å². The third-order valence-corrected chi connectivity index (χ3v) is 6.17. The Morgan fingerprint density at radius 3 is 2.32 bits per heavy atom. The van der Waals surface area contributed by atoms with Crippen molar-refractivity contribution in [1.29, 1.82) is 0 Å². The van der Waals surface area contributed by atoms with E-state index in [1.165, 1.54) is 38.5 Å². The predicted octanol–water partition coefficient (Wildman–Crippen LogP) is 2.62. The molecule has 1 aromatic rings. The molecule has 1 aliphatic heterocycles. The number of ether oxygens (including phenoxy) is 1. The molecule has 0 spiro atoms. The van der Waals surface area contributed by atoms with Gasteiger partial charge in [-0.1, -0.05) is 5.16 Å². The molecular formula is C16H24ClN3O2. The van der Waals surface area contributed by atoms with Gasteiger partial charge in [-0.2, -0.15) is 4.98 Å². The van der Waals surface area contributed by atoms with E-state index >= 15 is 0 Å². The first-order valence-electron chi connectivity index (χ1n) is 8.46. The highest BCUT2D eigenvalue weighted by molar-refractivity contribution is 5.85. The number of nitrogens with zero attached hydrogens (tertiary/aromatic N) is 2. The summed E-state index contributed by atoms with van der Waals surface area (Å²) in [6.45, 7) is 2.27. The van der Waals surface area contributed by atoms with Crippen LogP contribution in [0.2, 0.25) is 0 Å². The first kappa shape index (κ1) is 14.9. The molecule has 4 aliphatic carbocycles. The fourth-order valence-corrected chi connectivity index (χ4v) is 5.70. The van der Waals surface area contributed by atoms with Crippen LogP contribution < -0.4 is 5.32 Å². The number of morpholine rings is 1. The first-order valence-corrected chi connectivity index (χ1v) is 8.46. The Hall–Kier alpha value is -0.650. The smallest absolute Gasteiger partial charge is 0.246 e. The number of nitrogens with one attached hydrogen (secondary N) is 1. The largest absolute Gasteiger partial charge is 0.378 e. The molecule has 0 aromatic carbocycles. The average Bonchev–Trinajstić information content (AvgIpc) is 2.97. The normalized spacial score (nSPS) is 43.1. The zero-order valence-corrected chi connectivity index (χ0v) is 13.6. The maximum absolute atomic E-state index is 5.59. The van der Waals surface area contributed by atoms with E-state index < -0.39 is 0 Å². The predicted molar refractivity (Wildman–Crippen MR) is 83.0 cm³/mol. The van der Waals surface area contributed by atoms with Crippen molar-refractivity contribution in [1.82, 2.24) is 15.5 Å². The summed E-state index contributed by atoms with van der Waals surface area (Å²) in [5, 5.41) is 7.80. The van der Waals surface area contributed by atoms with Crippen molar-refractivity contribution in [2.45, 2.75) is 50.0 Å². The lowest BCUT2D eigenvalue weighted by atomic mass is 9.49. The minimum absolute atomic E-state index is 0. The maximum Gasteiger partial charge on any atom is 0.246 e. The van der Waals surface area contributed by atoms with Crippen LogP contribution >= 0.6 is 12.4 Å². The van der Waals surface area contributed by atoms with Crippen LogP contribution in [0, 0.1) is 17.8 Å². The van der Waals surface area contributed by atoms with Crippen molar-refractivity contribution >= 4 is 12.4 Å². The number of aromatic nitrogens is 2. The second-order valence-corrected chi connectivity index (χ2v) is 7.74. The van der Waals surface area contributed by atoms with E-state index in [9.17, 15) is 0 Å². The molecule has 5 fully saturated rings. The van der Waals surface area contributed by atoms with Crippen LogP contribution in [0.25, 0.3) is 0 Å². The Balaban J connectivity index is 0.00000125. The summed E-state index contributed by atoms with van der Waals surface area (Å²) in [5.74, 6) is 4.45. The van der Waals surface area contributed by atoms with E-state index in [1.54, 1.807) is 0 Å². The number of hydrogen-bond donors (Lipinski definition) is 1. The van der Waals surface area contributed by atoms with Crippen molar-refractivity contribution in [3.05, 3.63) is 11.7 Å². The van der Waals surface area contributed by atoms with Crippen molar-refractivity contribution in [3.8, 4) is 0 Å². The van der Waals surface area contributed by atoms with E-state index in [2.05, 4.69) is 10.5 Å². The maximum atomic E-state index is 5.59. The topological polar surface area (TPSA) is 60.2 Å². The fourth-order valence-electron chi connectivity index (χ4n) is 5.70. The SMILES string of the molecule is C1COCC(c2nc(C34CC5CC(CC(C5)C3)C4)no2)N1.Cl. The molecule has 6 heteroatoms. The molecule has 0 amide bonds. The molecule has 0 radical (unpaired) electrons. The van der Waals surface area contributed by atoms with E-state index in [0.29, 0.717) is 6.61 Å². The van der Waals surface area contributed by atoms with Gasteiger partial charge in [-0.15, -0.1) is 12.4 Å². The standard InChI is InChI=1S/C16H23N3O2.ClH/c1-2-20-9-13(17-1)14-18-15(19-21-14)16-6-10-3-11(7-16)5-12(4-10)8-16;/h10-13,17H,1-9H2;1H. The second kappa shape index (κ2) is 5.46. The van der Waals surface area contributed by atoms with E-state index in [-0.39, 0.29) is 23.9 Å². The van der Waals surface area contributed by atoms with Gasteiger partial charge in [0.15, 0.2) is 5.82 Å². The lowest BCUT2D eigenvalue weighted by molar-refractivity contribution is -0.0103. The molecule has 122 valence electrons. The summed E-state index contributed by atoms with van der Waals surface area (Å²) in [4.78, 5) is 4.80. The van der Waals surface area contributed by atoms with Gasteiger partial charge in [0.05, 0.1) is 13.2 Å². The van der Waals surface area contributed by atoms with Crippen molar-refractivity contribution < 1.29 is 9.26 Å². The lowest BCUT2D eigenvalue weighted by Crippen LogP contribution is -2.49. The summed E-state index contributed by atoms with van der Waals surface area (Å²) >= 11 is 0. The summed E-state index contributed by atoms with van der Waals surface area (Å²) in [6.07, 6.45) is 8.19. The molecule has 1 unspecified atom stereocenters. The molecule has 1 saturated heterocycles. The fraction of sp³-hybridized carbons (Fsp3) is 0.875. The minimum Gasteiger partial charge on any atom is -0.378 e. The molecule has 4 saturated carbocycles. The molecule has 5 nitrogen and oxygen atoms in total. The van der Waals surface area contributed by atoms with Gasteiger partial charge in [0, 0.05) is 12.0 Å². The number of halogens is 1. The summed E-state index contributed by atoms with van der Waals surface area (Å²) in [5.41, 5.74) is 0.228. The molecule has 5 aliphatic rings. The van der Waals surface area contributed by atoms with Crippen LogP contribution in [0.4, 0.5) is 0 Å². The third kappa shape index (κ3) is 2.29. The number of hydrogen-bond acceptors (Lipinski definition) is 5. The van der Waals surface area contributed by atoms with Crippen molar-refractivity contribution in [3.63, 3.8) is 0 Å². The van der Waals surface area contributed by atoms with Crippen LogP contribution in [0.1, 0.15) is 56.3 Å². The second-order valence-electron chi connectivity index (χ2n) is 7.74. The van der Waals surface area contributed by atoms with Gasteiger partial charge in [0.1, 0.15) is 6.04 Å². The molecule has 2 heterocycles. The molecule has 1 aromatic heterocycles. The van der Waals surface area contributed by atoms with Crippen molar-refractivity contribution in [2.24, 2.45) is 17.8 Å². The Morgan fingerprint density at radius 1 is 1.05 bits per heavy atom. The zero-order valence-electron chi connectivity index (χ0n) is 12.8. The van der Waals surface area contributed by atoms with Gasteiger partial charge in [0.25, 0.3) is 0 Å². The van der Waals surface area contributed by atoms with Crippen LogP contribution in [-0.2, 0) is 10.2 Å². The van der Waals surface area contributed by atoms with Crippen LogP contribution in [-0.4, -0.2) is 29.9 Å². The van der Waals surface area contributed by atoms with E-state index in [0.717, 1.165) is 42.6 Å². The zero-order chi connectivity index (χ0) is 13.9. The molecular weight excluding hydrogens is 302 g/mol. The highest BCUT2D eigenvalue weighted by Gasteiger charge is 2.53. The van der Waals surface area contributed by atoms with Gasteiger partial charge in [-0.05, 0) is 56.3 Å². The van der Waals surface area contributed by atoms with Crippen LogP contribution in [0.5, 0.6) is 0 Å². The third-order valence-electron chi connectivity index (χ3n) is 6.17. The number of rotatable bonds is 2. The minimum atomic E-state index is 0. The average molecular weight is 326 g/mol. The summed E-state index contributed by atoms with van der Waals surface area (Å²) in [6, 6.07) is 0.0777. The quantitative estimate of drug-likeness (QED) is 0.905. The molecule has 1 atom stereocenters. The van der Waals surface area contributed by atoms with Gasteiger partial charge in [-0.25, -0.2) is 0 Å². The summed E-state index contributed by atoms with van der Waals surface area (Å²) in [7, 11) is 0. The highest BCUT2D eigenvalue weighted by Crippen LogP contribution is 2.60. The van der Waals surface area contributed by atoms with Gasteiger partial charge in [0.2, 0.25) is 5.89 Å². The Kier molecular flexibility index (Phi) is 3.70. The van der Waals surface area contributed by atoms with Gasteiger partial charge < -0.3 is 14.6 Å². The van der Waals surface area contributed by atoms with Gasteiger partial charge >= 0.3 is 0 Å². The van der Waals surface area contributed by atoms with Crippen LogP contribution in [0.15, 0.2) is 4.52 Å². The van der Waals surface area contributed by atoms with Crippen LogP contribution in [0.3, 0.4) is 0 Å². The van der Waals surface area contributed by atoms with Crippen molar-refractivity contribution in [2.75, 3.05) is 19.8 Å². The lowest BCUT2D eigenvalue weighted by Gasteiger charge is -2.55. The Morgan fingerprint density at radius 2 is 1.73 bits per heavy atom. The van der Waals surface area contributed by atoms with E-state index in [4.69, 9.17) is 14.2 Å². The van der Waals surface area contributed by atoms with E-state index in [1.807, 2.05) is 0 Å². The molecule has 6 rings (SSSR count). The molecule has 1 N–H and O–H groups in total. The van der Waals surface area contributed by atoms with Gasteiger partial charge in [-0.3, -0.25) is 0 Å².